The second kappa shape index (κ2) is 9.65. The second-order valence-electron chi connectivity index (χ2n) is 7.70. The predicted octanol–water partition coefficient (Wildman–Crippen LogP) is 5.19. The Morgan fingerprint density at radius 1 is 1.17 bits per heavy atom. The van der Waals surface area contributed by atoms with Gasteiger partial charge in [-0.2, -0.15) is 0 Å². The number of likely N-dealkylation sites (tertiary alicyclic amines) is 1. The highest BCUT2D eigenvalue weighted by Gasteiger charge is 2.43. The minimum absolute atomic E-state index is 0. The van der Waals surface area contributed by atoms with Crippen molar-refractivity contribution in [1.82, 2.24) is 4.90 Å². The van der Waals surface area contributed by atoms with Gasteiger partial charge >= 0.3 is 5.97 Å². The molecule has 1 N–H and O–H groups in total. The molecule has 1 spiro atoms. The van der Waals surface area contributed by atoms with Gasteiger partial charge in [0.2, 0.25) is 0 Å². The Morgan fingerprint density at radius 2 is 1.87 bits per heavy atom. The quantitative estimate of drug-likeness (QED) is 0.626. The summed E-state index contributed by atoms with van der Waals surface area (Å²) in [6.45, 7) is 3.34. The average Bonchev–Trinajstić information content (AvgIpc) is 3.05. The van der Waals surface area contributed by atoms with E-state index in [1.165, 1.54) is 5.56 Å². The van der Waals surface area contributed by atoms with E-state index in [1.807, 2.05) is 18.2 Å². The van der Waals surface area contributed by atoms with Crippen LogP contribution in [0.5, 0.6) is 11.5 Å². The molecule has 0 atom stereocenters. The first-order valence-corrected chi connectivity index (χ1v) is 10.5. The summed E-state index contributed by atoms with van der Waals surface area (Å²) in [5.74, 6) is 0.841. The van der Waals surface area contributed by atoms with Gasteiger partial charge in [0.05, 0.1) is 13.0 Å². The lowest BCUT2D eigenvalue weighted by Gasteiger charge is -2.38. The summed E-state index contributed by atoms with van der Waals surface area (Å²) in [4.78, 5) is 13.0. The Hall–Kier alpha value is -1.66. The maximum absolute atomic E-state index is 10.8. The van der Waals surface area contributed by atoms with E-state index in [-0.39, 0.29) is 24.2 Å². The molecule has 1 saturated heterocycles. The number of fused-ring (bicyclic) bond motifs is 2. The summed E-state index contributed by atoms with van der Waals surface area (Å²) >= 11 is 12.4. The Labute approximate surface area is 192 Å². The summed E-state index contributed by atoms with van der Waals surface area (Å²) in [6.07, 6.45) is 2.13. The first kappa shape index (κ1) is 23.0. The van der Waals surface area contributed by atoms with Crippen molar-refractivity contribution in [2.75, 3.05) is 26.2 Å². The minimum Gasteiger partial charge on any atom is -0.492 e. The molecule has 2 aliphatic rings. The predicted molar refractivity (Wildman–Crippen MR) is 120 cm³/mol. The second-order valence-corrected chi connectivity index (χ2v) is 8.52. The summed E-state index contributed by atoms with van der Waals surface area (Å²) in [5, 5.41) is 10.1. The molecule has 0 aromatic heterocycles. The zero-order valence-corrected chi connectivity index (χ0v) is 18.7. The summed E-state index contributed by atoms with van der Waals surface area (Å²) in [6, 6.07) is 11.4. The van der Waals surface area contributed by atoms with Gasteiger partial charge in [-0.15, -0.1) is 12.4 Å². The Bertz CT molecular complexity index is 893. The van der Waals surface area contributed by atoms with E-state index < -0.39 is 5.97 Å². The maximum atomic E-state index is 10.8. The van der Waals surface area contributed by atoms with Crippen molar-refractivity contribution in [3.8, 4) is 11.5 Å². The van der Waals surface area contributed by atoms with Gasteiger partial charge in [0.1, 0.15) is 18.1 Å². The SMILES string of the molecule is Cl.O=C(O)CCN1CCC2(CC1)COc1cc(OCc3c(Cl)cccc3Cl)ccc12. The van der Waals surface area contributed by atoms with Crippen LogP contribution in [0, 0.1) is 0 Å². The molecular weight excluding hydrogens is 449 g/mol. The van der Waals surface area contributed by atoms with Gasteiger partial charge in [0.25, 0.3) is 0 Å². The third kappa shape index (κ3) is 4.80. The van der Waals surface area contributed by atoms with Crippen molar-refractivity contribution in [2.45, 2.75) is 31.3 Å². The van der Waals surface area contributed by atoms with Crippen LogP contribution in [-0.4, -0.2) is 42.2 Å². The fraction of sp³-hybridized carbons (Fsp3) is 0.409. The molecule has 30 heavy (non-hydrogen) atoms. The fourth-order valence-electron chi connectivity index (χ4n) is 4.14. The van der Waals surface area contributed by atoms with Crippen molar-refractivity contribution in [3.63, 3.8) is 0 Å². The maximum Gasteiger partial charge on any atom is 0.304 e. The van der Waals surface area contributed by atoms with Crippen molar-refractivity contribution in [2.24, 2.45) is 0 Å². The molecule has 4 rings (SSSR count). The highest BCUT2D eigenvalue weighted by atomic mass is 35.5. The van der Waals surface area contributed by atoms with Gasteiger partial charge in [0, 0.05) is 39.2 Å². The van der Waals surface area contributed by atoms with E-state index in [1.54, 1.807) is 12.1 Å². The number of carboxylic acids is 1. The number of carbonyl (C=O) groups is 1. The summed E-state index contributed by atoms with van der Waals surface area (Å²) in [7, 11) is 0. The van der Waals surface area contributed by atoms with E-state index in [2.05, 4.69) is 11.0 Å². The number of benzene rings is 2. The topological polar surface area (TPSA) is 59.0 Å². The van der Waals surface area contributed by atoms with Crippen LogP contribution in [0.15, 0.2) is 36.4 Å². The van der Waals surface area contributed by atoms with Crippen LogP contribution in [0.4, 0.5) is 0 Å². The first-order valence-electron chi connectivity index (χ1n) is 9.74. The Morgan fingerprint density at radius 3 is 2.53 bits per heavy atom. The lowest BCUT2D eigenvalue weighted by Crippen LogP contribution is -2.44. The number of carboxylic acid groups (broad SMARTS) is 1. The van der Waals surface area contributed by atoms with Crippen LogP contribution >= 0.6 is 35.6 Å². The zero-order valence-electron chi connectivity index (χ0n) is 16.4. The van der Waals surface area contributed by atoms with Crippen molar-refractivity contribution >= 4 is 41.6 Å². The fourth-order valence-corrected chi connectivity index (χ4v) is 4.65. The Kier molecular flexibility index (Phi) is 7.40. The number of halogens is 3. The normalized spacial score (nSPS) is 17.1. The molecule has 2 aromatic rings. The van der Waals surface area contributed by atoms with Crippen molar-refractivity contribution in [1.29, 1.82) is 0 Å². The third-order valence-corrected chi connectivity index (χ3v) is 6.64. The highest BCUT2D eigenvalue weighted by Crippen LogP contribution is 2.46. The molecule has 8 heteroatoms. The van der Waals surface area contributed by atoms with Gasteiger partial charge in [-0.25, -0.2) is 0 Å². The van der Waals surface area contributed by atoms with Gasteiger partial charge in [0.15, 0.2) is 0 Å². The first-order chi connectivity index (χ1) is 14.0. The van der Waals surface area contributed by atoms with Gasteiger partial charge in [-0.05, 0) is 44.1 Å². The number of aliphatic carboxylic acids is 1. The minimum atomic E-state index is -0.745. The number of nitrogens with zero attached hydrogens (tertiary/aromatic N) is 1. The molecule has 2 aromatic carbocycles. The van der Waals surface area contributed by atoms with E-state index >= 15 is 0 Å². The van der Waals surface area contributed by atoms with Crippen LogP contribution in [0.2, 0.25) is 10.0 Å². The molecule has 1 fully saturated rings. The molecule has 5 nitrogen and oxygen atoms in total. The number of piperidine rings is 1. The van der Waals surface area contributed by atoms with E-state index in [0.29, 0.717) is 29.8 Å². The summed E-state index contributed by atoms with van der Waals surface area (Å²) in [5.41, 5.74) is 2.00. The van der Waals surface area contributed by atoms with E-state index in [9.17, 15) is 4.79 Å². The van der Waals surface area contributed by atoms with Gasteiger partial charge in [-0.3, -0.25) is 4.79 Å². The van der Waals surface area contributed by atoms with E-state index in [4.69, 9.17) is 37.8 Å². The van der Waals surface area contributed by atoms with Crippen LogP contribution in [0.1, 0.15) is 30.4 Å². The lowest BCUT2D eigenvalue weighted by atomic mass is 9.74. The van der Waals surface area contributed by atoms with Crippen LogP contribution in [0.3, 0.4) is 0 Å². The smallest absolute Gasteiger partial charge is 0.304 e. The molecule has 0 saturated carbocycles. The molecule has 0 bridgehead atoms. The number of hydrogen-bond acceptors (Lipinski definition) is 4. The molecule has 0 aliphatic carbocycles. The molecule has 2 aliphatic heterocycles. The molecule has 2 heterocycles. The number of hydrogen-bond donors (Lipinski definition) is 1. The molecule has 0 amide bonds. The van der Waals surface area contributed by atoms with Crippen LogP contribution in [0.25, 0.3) is 0 Å². The summed E-state index contributed by atoms with van der Waals surface area (Å²) < 4.78 is 11.9. The standard InChI is InChI=1S/C22H23Cl2NO4.ClH/c23-18-2-1-3-19(24)16(18)13-28-15-4-5-17-20(12-15)29-14-22(17)7-10-25(11-8-22)9-6-21(26)27;/h1-5,12H,6-11,13-14H2,(H,26,27);1H. The monoisotopic (exact) mass is 471 g/mol. The molecule has 162 valence electrons. The van der Waals surface area contributed by atoms with Crippen LogP contribution < -0.4 is 9.47 Å². The lowest BCUT2D eigenvalue weighted by molar-refractivity contribution is -0.137. The van der Waals surface area contributed by atoms with Crippen molar-refractivity contribution < 1.29 is 19.4 Å². The van der Waals surface area contributed by atoms with Crippen LogP contribution in [-0.2, 0) is 16.8 Å². The number of ether oxygens (including phenoxy) is 2. The van der Waals surface area contributed by atoms with Gasteiger partial charge in [-0.1, -0.05) is 35.3 Å². The largest absolute Gasteiger partial charge is 0.492 e. The molecular formula is C22H24Cl3NO4. The molecule has 0 radical (unpaired) electrons. The van der Waals surface area contributed by atoms with E-state index in [0.717, 1.165) is 43.0 Å². The van der Waals surface area contributed by atoms with Crippen molar-refractivity contribution in [3.05, 3.63) is 57.6 Å². The highest BCUT2D eigenvalue weighted by molar-refractivity contribution is 6.35. The molecule has 0 unspecified atom stereocenters. The van der Waals surface area contributed by atoms with Gasteiger partial charge < -0.3 is 19.5 Å². The third-order valence-electron chi connectivity index (χ3n) is 5.93. The number of rotatable bonds is 6. The average molecular weight is 473 g/mol. The zero-order chi connectivity index (χ0) is 20.4. The Balaban J connectivity index is 0.00000256.